The van der Waals surface area contributed by atoms with E-state index in [1.165, 1.54) is 6.92 Å². The number of rotatable bonds is 7. The maximum absolute atomic E-state index is 12.8. The summed E-state index contributed by atoms with van der Waals surface area (Å²) in [5.41, 5.74) is -1.09. The number of hydrogen-bond acceptors (Lipinski definition) is 9. The molecule has 9 heteroatoms. The summed E-state index contributed by atoms with van der Waals surface area (Å²) in [5.74, 6) is -2.75. The molecule has 1 aliphatic rings. The van der Waals surface area contributed by atoms with Gasteiger partial charge in [-0.05, 0) is 31.2 Å². The quantitative estimate of drug-likeness (QED) is 0.458. The summed E-state index contributed by atoms with van der Waals surface area (Å²) >= 11 is 0. The summed E-state index contributed by atoms with van der Waals surface area (Å²) in [6.45, 7) is 3.42. The zero-order valence-electron chi connectivity index (χ0n) is 18.4. The second kappa shape index (κ2) is 10.3. The Morgan fingerprint density at radius 2 is 1.33 bits per heavy atom. The minimum atomic E-state index is -1.64. The Morgan fingerprint density at radius 1 is 0.818 bits per heavy atom. The Labute approximate surface area is 190 Å². The fraction of sp³-hybridized carbons (Fsp3) is 0.333. The summed E-state index contributed by atoms with van der Waals surface area (Å²) in [7, 11) is 0. The molecule has 0 radical (unpaired) electrons. The molecule has 0 spiro atoms. The van der Waals surface area contributed by atoms with Gasteiger partial charge in [0.15, 0.2) is 5.60 Å². The molecule has 174 valence electrons. The molecule has 1 saturated heterocycles. The molecule has 1 fully saturated rings. The first-order chi connectivity index (χ1) is 15.7. The van der Waals surface area contributed by atoms with Crippen LogP contribution < -0.4 is 0 Å². The van der Waals surface area contributed by atoms with Gasteiger partial charge >= 0.3 is 23.9 Å². The van der Waals surface area contributed by atoms with Crippen LogP contribution in [0, 0.1) is 0 Å². The van der Waals surface area contributed by atoms with E-state index in [-0.39, 0.29) is 12.2 Å². The molecule has 0 N–H and O–H groups in total. The highest BCUT2D eigenvalue weighted by molar-refractivity contribution is 5.90. The molecule has 0 aromatic heterocycles. The number of hydrogen-bond donors (Lipinski definition) is 0. The standard InChI is InChI=1S/C24H24O9/c1-15(25)30-20-23(31-16(2)26)32-19(14-29-21(27)17-10-6-4-7-11-17)24(20,3)33-22(28)18-12-8-5-9-13-18/h4-13,19-20,23H,14H2,1-3H3/t19-,20+,23?,24-/m1/s1. The van der Waals surface area contributed by atoms with Crippen molar-refractivity contribution >= 4 is 23.9 Å². The molecular formula is C24H24O9. The monoisotopic (exact) mass is 456 g/mol. The fourth-order valence-electron chi connectivity index (χ4n) is 3.40. The molecule has 4 atom stereocenters. The molecule has 1 aliphatic heterocycles. The van der Waals surface area contributed by atoms with Crippen molar-refractivity contribution in [1.29, 1.82) is 0 Å². The van der Waals surface area contributed by atoms with Gasteiger partial charge in [-0.1, -0.05) is 36.4 Å². The van der Waals surface area contributed by atoms with Gasteiger partial charge in [-0.2, -0.15) is 0 Å². The second-order valence-corrected chi connectivity index (χ2v) is 7.54. The van der Waals surface area contributed by atoms with Gasteiger partial charge in [0.1, 0.15) is 12.7 Å². The lowest BCUT2D eigenvalue weighted by molar-refractivity contribution is -0.197. The van der Waals surface area contributed by atoms with Gasteiger partial charge in [0.05, 0.1) is 11.1 Å². The minimum Gasteiger partial charge on any atom is -0.459 e. The molecule has 9 nitrogen and oxygen atoms in total. The number of carbonyl (C=O) groups excluding carboxylic acids is 4. The normalized spacial score (nSPS) is 23.9. The van der Waals surface area contributed by atoms with E-state index >= 15 is 0 Å². The summed E-state index contributed by atoms with van der Waals surface area (Å²) in [6, 6.07) is 16.4. The smallest absolute Gasteiger partial charge is 0.338 e. The van der Waals surface area contributed by atoms with Crippen LogP contribution in [0.25, 0.3) is 0 Å². The van der Waals surface area contributed by atoms with Gasteiger partial charge < -0.3 is 23.7 Å². The molecule has 1 heterocycles. The van der Waals surface area contributed by atoms with Gasteiger partial charge in [-0.15, -0.1) is 0 Å². The zero-order chi connectivity index (χ0) is 24.0. The third-order valence-electron chi connectivity index (χ3n) is 5.02. The summed E-state index contributed by atoms with van der Waals surface area (Å²) in [4.78, 5) is 48.7. The maximum Gasteiger partial charge on any atom is 0.338 e. The number of carbonyl (C=O) groups is 4. The molecule has 1 unspecified atom stereocenters. The fourth-order valence-corrected chi connectivity index (χ4v) is 3.40. The first kappa shape index (κ1) is 23.9. The van der Waals surface area contributed by atoms with E-state index < -0.39 is 48.0 Å². The number of esters is 4. The highest BCUT2D eigenvalue weighted by Crippen LogP contribution is 2.38. The van der Waals surface area contributed by atoms with E-state index in [4.69, 9.17) is 23.7 Å². The second-order valence-electron chi connectivity index (χ2n) is 7.54. The summed E-state index contributed by atoms with van der Waals surface area (Å²) in [5, 5.41) is 0. The topological polar surface area (TPSA) is 114 Å². The van der Waals surface area contributed by atoms with Gasteiger partial charge in [-0.25, -0.2) is 9.59 Å². The predicted octanol–water partition coefficient (Wildman–Crippen LogP) is 2.68. The molecule has 3 rings (SSSR count). The van der Waals surface area contributed by atoms with Crippen molar-refractivity contribution < 1.29 is 42.9 Å². The Balaban J connectivity index is 1.88. The lowest BCUT2D eigenvalue weighted by Gasteiger charge is -2.33. The van der Waals surface area contributed by atoms with Crippen LogP contribution in [0.2, 0.25) is 0 Å². The Hall–Kier alpha value is -3.72. The molecule has 0 bridgehead atoms. The van der Waals surface area contributed by atoms with Crippen molar-refractivity contribution in [2.24, 2.45) is 0 Å². The summed E-state index contributed by atoms with van der Waals surface area (Å²) in [6.07, 6.45) is -3.78. The summed E-state index contributed by atoms with van der Waals surface area (Å²) < 4.78 is 27.4. The van der Waals surface area contributed by atoms with E-state index in [1.807, 2.05) is 0 Å². The molecule has 0 saturated carbocycles. The number of ether oxygens (including phenoxy) is 5. The van der Waals surface area contributed by atoms with Gasteiger partial charge in [-0.3, -0.25) is 9.59 Å². The molecule has 0 amide bonds. The van der Waals surface area contributed by atoms with Crippen LogP contribution >= 0.6 is 0 Å². The third-order valence-corrected chi connectivity index (χ3v) is 5.02. The van der Waals surface area contributed by atoms with Crippen molar-refractivity contribution in [2.75, 3.05) is 6.61 Å². The lowest BCUT2D eigenvalue weighted by Crippen LogP contribution is -2.52. The highest BCUT2D eigenvalue weighted by atomic mass is 16.8. The van der Waals surface area contributed by atoms with Crippen LogP contribution in [0.15, 0.2) is 60.7 Å². The van der Waals surface area contributed by atoms with Gasteiger partial charge in [0.2, 0.25) is 12.4 Å². The van der Waals surface area contributed by atoms with Gasteiger partial charge in [0.25, 0.3) is 0 Å². The Morgan fingerprint density at radius 3 is 1.85 bits per heavy atom. The largest absolute Gasteiger partial charge is 0.459 e. The van der Waals surface area contributed by atoms with Crippen LogP contribution in [-0.4, -0.2) is 54.6 Å². The van der Waals surface area contributed by atoms with Crippen molar-refractivity contribution in [3.05, 3.63) is 71.8 Å². The van der Waals surface area contributed by atoms with Crippen LogP contribution in [-0.2, 0) is 33.3 Å². The molecule has 2 aromatic rings. The molecular weight excluding hydrogens is 432 g/mol. The van der Waals surface area contributed by atoms with E-state index in [0.717, 1.165) is 13.8 Å². The van der Waals surface area contributed by atoms with E-state index in [9.17, 15) is 19.2 Å². The molecule has 33 heavy (non-hydrogen) atoms. The minimum absolute atomic E-state index is 0.247. The van der Waals surface area contributed by atoms with E-state index in [0.29, 0.717) is 5.56 Å². The van der Waals surface area contributed by atoms with Crippen molar-refractivity contribution in [1.82, 2.24) is 0 Å². The zero-order valence-corrected chi connectivity index (χ0v) is 18.4. The van der Waals surface area contributed by atoms with Crippen LogP contribution in [0.3, 0.4) is 0 Å². The van der Waals surface area contributed by atoms with E-state index in [2.05, 4.69) is 0 Å². The van der Waals surface area contributed by atoms with Crippen LogP contribution in [0.4, 0.5) is 0 Å². The number of benzene rings is 2. The Kier molecular flexibility index (Phi) is 7.44. The highest BCUT2D eigenvalue weighted by Gasteiger charge is 2.61. The Bertz CT molecular complexity index is 1010. The predicted molar refractivity (Wildman–Crippen MR) is 113 cm³/mol. The lowest BCUT2D eigenvalue weighted by atomic mass is 9.94. The van der Waals surface area contributed by atoms with Crippen molar-refractivity contribution in [3.8, 4) is 0 Å². The van der Waals surface area contributed by atoms with Crippen molar-refractivity contribution in [2.45, 2.75) is 44.9 Å². The molecule has 0 aliphatic carbocycles. The van der Waals surface area contributed by atoms with Gasteiger partial charge in [0, 0.05) is 13.8 Å². The maximum atomic E-state index is 12.8. The van der Waals surface area contributed by atoms with Crippen molar-refractivity contribution in [3.63, 3.8) is 0 Å². The van der Waals surface area contributed by atoms with E-state index in [1.54, 1.807) is 60.7 Å². The van der Waals surface area contributed by atoms with Crippen LogP contribution in [0.5, 0.6) is 0 Å². The average Bonchev–Trinajstić information content (AvgIpc) is 3.03. The van der Waals surface area contributed by atoms with Crippen LogP contribution in [0.1, 0.15) is 41.5 Å². The third kappa shape index (κ3) is 5.75. The molecule has 2 aromatic carbocycles. The SMILES string of the molecule is CC(=O)OC1O[C@H](COC(=O)c2ccccc2)[C@@](C)(OC(=O)c2ccccc2)[C@H]1OC(C)=O. The first-order valence-electron chi connectivity index (χ1n) is 10.2. The first-order valence-corrected chi connectivity index (χ1v) is 10.2. The average molecular weight is 456 g/mol.